The molecule has 0 aliphatic heterocycles. The fourth-order valence-electron chi connectivity index (χ4n) is 2.22. The molecule has 0 fully saturated rings. The molecule has 0 saturated heterocycles. The molecule has 1 heterocycles. The van der Waals surface area contributed by atoms with Gasteiger partial charge in [0.15, 0.2) is 0 Å². The van der Waals surface area contributed by atoms with Gasteiger partial charge in [-0.05, 0) is 26.1 Å². The molecule has 6 heteroatoms. The highest BCUT2D eigenvalue weighted by molar-refractivity contribution is 7.90. The van der Waals surface area contributed by atoms with E-state index >= 15 is 0 Å². The highest BCUT2D eigenvalue weighted by Gasteiger charge is 2.17. The van der Waals surface area contributed by atoms with Gasteiger partial charge < -0.3 is 4.57 Å². The van der Waals surface area contributed by atoms with Crippen LogP contribution in [0.1, 0.15) is 12.7 Å². The number of benzene rings is 1. The summed E-state index contributed by atoms with van der Waals surface area (Å²) in [6, 6.07) is 9.92. The average molecular weight is 307 g/mol. The van der Waals surface area contributed by atoms with Crippen LogP contribution in [0.25, 0.3) is 5.69 Å². The van der Waals surface area contributed by atoms with Crippen molar-refractivity contribution in [3.63, 3.8) is 0 Å². The molecule has 114 valence electrons. The van der Waals surface area contributed by atoms with E-state index in [4.69, 9.17) is 0 Å². The summed E-state index contributed by atoms with van der Waals surface area (Å²) in [6.45, 7) is 2.51. The molecule has 2 aromatic rings. The van der Waals surface area contributed by atoms with E-state index in [-0.39, 0.29) is 11.8 Å². The van der Waals surface area contributed by atoms with Crippen LogP contribution in [0.5, 0.6) is 0 Å². The first-order valence-corrected chi connectivity index (χ1v) is 8.88. The molecule has 0 saturated carbocycles. The van der Waals surface area contributed by atoms with Gasteiger partial charge >= 0.3 is 0 Å². The second kappa shape index (κ2) is 6.41. The Kier molecular flexibility index (Phi) is 4.80. The van der Waals surface area contributed by atoms with E-state index in [1.54, 1.807) is 6.20 Å². The van der Waals surface area contributed by atoms with Gasteiger partial charge in [-0.25, -0.2) is 13.4 Å². The van der Waals surface area contributed by atoms with E-state index in [1.807, 2.05) is 60.0 Å². The van der Waals surface area contributed by atoms with E-state index in [1.165, 1.54) is 6.26 Å². The third kappa shape index (κ3) is 4.41. The van der Waals surface area contributed by atoms with Crippen molar-refractivity contribution in [2.75, 3.05) is 19.1 Å². The molecule has 1 atom stereocenters. The van der Waals surface area contributed by atoms with Gasteiger partial charge in [0.1, 0.15) is 15.7 Å². The Balaban J connectivity index is 2.12. The van der Waals surface area contributed by atoms with Crippen molar-refractivity contribution >= 4 is 9.84 Å². The first kappa shape index (κ1) is 15.7. The number of hydrogen-bond donors (Lipinski definition) is 0. The molecule has 0 N–H and O–H groups in total. The third-order valence-electron chi connectivity index (χ3n) is 3.44. The monoisotopic (exact) mass is 307 g/mol. The predicted molar refractivity (Wildman–Crippen MR) is 84.2 cm³/mol. The molecule has 0 bridgehead atoms. The van der Waals surface area contributed by atoms with Crippen molar-refractivity contribution < 1.29 is 8.42 Å². The lowest BCUT2D eigenvalue weighted by Gasteiger charge is -2.24. The van der Waals surface area contributed by atoms with Gasteiger partial charge in [-0.3, -0.25) is 4.90 Å². The highest BCUT2D eigenvalue weighted by Crippen LogP contribution is 2.12. The summed E-state index contributed by atoms with van der Waals surface area (Å²) < 4.78 is 24.8. The van der Waals surface area contributed by atoms with Gasteiger partial charge in [-0.1, -0.05) is 18.2 Å². The van der Waals surface area contributed by atoms with Crippen LogP contribution in [0.4, 0.5) is 0 Å². The fourth-order valence-corrected chi connectivity index (χ4v) is 3.35. The number of nitrogens with zero attached hydrogens (tertiary/aromatic N) is 3. The molecule has 0 amide bonds. The Labute approximate surface area is 126 Å². The second-order valence-corrected chi connectivity index (χ2v) is 7.59. The first-order valence-electron chi connectivity index (χ1n) is 6.82. The van der Waals surface area contributed by atoms with Crippen LogP contribution in [-0.4, -0.2) is 48.0 Å². The van der Waals surface area contributed by atoms with E-state index in [0.717, 1.165) is 11.5 Å². The quantitative estimate of drug-likeness (QED) is 0.815. The molecule has 21 heavy (non-hydrogen) atoms. The zero-order valence-electron chi connectivity index (χ0n) is 12.6. The summed E-state index contributed by atoms with van der Waals surface area (Å²) in [7, 11) is -1.06. The summed E-state index contributed by atoms with van der Waals surface area (Å²) in [4.78, 5) is 6.39. The van der Waals surface area contributed by atoms with Gasteiger partial charge in [-0.15, -0.1) is 0 Å². The predicted octanol–water partition coefficient (Wildman–Crippen LogP) is 1.74. The van der Waals surface area contributed by atoms with Gasteiger partial charge in [0.25, 0.3) is 0 Å². The van der Waals surface area contributed by atoms with E-state index in [9.17, 15) is 8.42 Å². The van der Waals surface area contributed by atoms with Crippen molar-refractivity contribution in [1.29, 1.82) is 0 Å². The maximum atomic E-state index is 11.4. The van der Waals surface area contributed by atoms with E-state index in [0.29, 0.717) is 6.54 Å². The van der Waals surface area contributed by atoms with Crippen LogP contribution in [0, 0.1) is 0 Å². The molecular weight excluding hydrogens is 286 g/mol. The molecule has 2 rings (SSSR count). The summed E-state index contributed by atoms with van der Waals surface area (Å²) >= 11 is 0. The fraction of sp³-hybridized carbons (Fsp3) is 0.400. The van der Waals surface area contributed by atoms with Crippen LogP contribution in [-0.2, 0) is 16.4 Å². The maximum absolute atomic E-state index is 11.4. The molecule has 0 spiro atoms. The summed E-state index contributed by atoms with van der Waals surface area (Å²) in [6.07, 6.45) is 4.94. The molecule has 0 aliphatic carbocycles. The Morgan fingerprint density at radius 1 is 1.29 bits per heavy atom. The standard InChI is InChI=1S/C15H21N3O2S/c1-13(12-21(3,19)20)17(2)11-15-16-9-10-18(15)14-7-5-4-6-8-14/h4-10,13H,11-12H2,1-3H3/t13-/m1/s1. The molecular formula is C15H21N3O2S. The van der Waals surface area contributed by atoms with Gasteiger partial charge in [-0.2, -0.15) is 0 Å². The minimum absolute atomic E-state index is 0.0547. The number of imidazole rings is 1. The van der Waals surface area contributed by atoms with Crippen molar-refractivity contribution in [3.8, 4) is 5.69 Å². The minimum Gasteiger partial charge on any atom is -0.303 e. The lowest BCUT2D eigenvalue weighted by atomic mass is 10.3. The normalized spacial score (nSPS) is 13.5. The van der Waals surface area contributed by atoms with Crippen LogP contribution in [0.3, 0.4) is 0 Å². The zero-order chi connectivity index (χ0) is 15.5. The van der Waals surface area contributed by atoms with Crippen molar-refractivity contribution in [1.82, 2.24) is 14.5 Å². The topological polar surface area (TPSA) is 55.2 Å². The van der Waals surface area contributed by atoms with Crippen molar-refractivity contribution in [2.24, 2.45) is 0 Å². The smallest absolute Gasteiger partial charge is 0.148 e. The number of sulfone groups is 1. The molecule has 0 radical (unpaired) electrons. The van der Waals surface area contributed by atoms with Crippen molar-refractivity contribution in [3.05, 3.63) is 48.5 Å². The van der Waals surface area contributed by atoms with Crippen LogP contribution in [0.2, 0.25) is 0 Å². The van der Waals surface area contributed by atoms with Gasteiger partial charge in [0.2, 0.25) is 0 Å². The Hall–Kier alpha value is -1.66. The first-order chi connectivity index (χ1) is 9.87. The van der Waals surface area contributed by atoms with Gasteiger partial charge in [0.05, 0.1) is 12.3 Å². The largest absolute Gasteiger partial charge is 0.303 e. The van der Waals surface area contributed by atoms with Crippen LogP contribution >= 0.6 is 0 Å². The minimum atomic E-state index is -2.98. The average Bonchev–Trinajstić information content (AvgIpc) is 2.86. The van der Waals surface area contributed by atoms with E-state index < -0.39 is 9.84 Å². The molecule has 1 aromatic carbocycles. The summed E-state index contributed by atoms with van der Waals surface area (Å²) in [5.41, 5.74) is 1.05. The second-order valence-electron chi connectivity index (χ2n) is 5.41. The highest BCUT2D eigenvalue weighted by atomic mass is 32.2. The Bertz CT molecular complexity index is 680. The third-order valence-corrected chi connectivity index (χ3v) is 4.53. The molecule has 5 nitrogen and oxygen atoms in total. The zero-order valence-corrected chi connectivity index (χ0v) is 13.4. The summed E-state index contributed by atoms with van der Waals surface area (Å²) in [5, 5.41) is 0. The van der Waals surface area contributed by atoms with E-state index in [2.05, 4.69) is 4.98 Å². The number of hydrogen-bond acceptors (Lipinski definition) is 4. The summed E-state index contributed by atoms with van der Waals surface area (Å²) in [5.74, 6) is 1.04. The Morgan fingerprint density at radius 2 is 1.95 bits per heavy atom. The van der Waals surface area contributed by atoms with Crippen LogP contribution in [0.15, 0.2) is 42.7 Å². The molecule has 0 unspecified atom stereocenters. The lowest BCUT2D eigenvalue weighted by molar-refractivity contribution is 0.259. The lowest BCUT2D eigenvalue weighted by Crippen LogP contribution is -2.35. The Morgan fingerprint density at radius 3 is 2.57 bits per heavy atom. The van der Waals surface area contributed by atoms with Crippen LogP contribution < -0.4 is 0 Å². The number of para-hydroxylation sites is 1. The maximum Gasteiger partial charge on any atom is 0.148 e. The van der Waals surface area contributed by atoms with Gasteiger partial charge in [0, 0.05) is 30.4 Å². The molecule has 1 aromatic heterocycles. The number of aromatic nitrogens is 2. The molecule has 0 aliphatic rings. The number of rotatable bonds is 6. The van der Waals surface area contributed by atoms with Crippen molar-refractivity contribution in [2.45, 2.75) is 19.5 Å². The SMILES string of the molecule is C[C@H](CS(C)(=O)=O)N(C)Cc1nccn1-c1ccccc1.